The molecule has 0 aliphatic heterocycles. The van der Waals surface area contributed by atoms with Gasteiger partial charge in [0, 0.05) is 30.2 Å². The number of nitrogens with one attached hydrogen (secondary N) is 1. The topological polar surface area (TPSA) is 59.3 Å². The summed E-state index contributed by atoms with van der Waals surface area (Å²) >= 11 is 5.81. The predicted octanol–water partition coefficient (Wildman–Crippen LogP) is 2.31. The summed E-state index contributed by atoms with van der Waals surface area (Å²) in [4.78, 5) is 20.2. The fraction of sp³-hybridized carbons (Fsp3) is 0.0714. The zero-order valence-corrected chi connectivity index (χ0v) is 11.2. The van der Waals surface area contributed by atoms with Crippen LogP contribution in [-0.2, 0) is 6.54 Å². The molecule has 0 fully saturated rings. The van der Waals surface area contributed by atoms with Crippen LogP contribution in [0.5, 0.6) is 0 Å². The molecule has 1 N–H and O–H groups in total. The molecule has 0 unspecified atom stereocenters. The third-order valence-electron chi connectivity index (χ3n) is 2.86. The normalized spacial score (nSPS) is 10.7. The highest BCUT2D eigenvalue weighted by atomic mass is 35.5. The summed E-state index contributed by atoms with van der Waals surface area (Å²) in [5, 5.41) is 3.49. The van der Waals surface area contributed by atoms with E-state index in [4.69, 9.17) is 11.6 Å². The van der Waals surface area contributed by atoms with Gasteiger partial charge < -0.3 is 9.72 Å². The first-order valence-corrected chi connectivity index (χ1v) is 6.41. The number of halogens is 1. The average molecular weight is 287 g/mol. The quantitative estimate of drug-likeness (QED) is 0.804. The molecule has 1 aromatic carbocycles. The van der Waals surface area contributed by atoms with E-state index in [-0.39, 0.29) is 5.91 Å². The van der Waals surface area contributed by atoms with E-state index in [9.17, 15) is 4.79 Å². The van der Waals surface area contributed by atoms with Crippen molar-refractivity contribution in [3.63, 3.8) is 0 Å². The molecule has 3 rings (SSSR count). The predicted molar refractivity (Wildman–Crippen MR) is 75.6 cm³/mol. The molecule has 0 atom stereocenters. The van der Waals surface area contributed by atoms with Gasteiger partial charge in [-0.3, -0.25) is 9.78 Å². The van der Waals surface area contributed by atoms with Crippen LogP contribution in [0.1, 0.15) is 16.1 Å². The van der Waals surface area contributed by atoms with Gasteiger partial charge in [0.15, 0.2) is 5.65 Å². The summed E-state index contributed by atoms with van der Waals surface area (Å²) in [7, 11) is 0. The number of carbonyl (C=O) groups excluding carboxylic acids is 1. The van der Waals surface area contributed by atoms with Crippen molar-refractivity contribution < 1.29 is 4.79 Å². The number of rotatable bonds is 3. The monoisotopic (exact) mass is 286 g/mol. The second kappa shape index (κ2) is 5.30. The lowest BCUT2D eigenvalue weighted by atomic mass is 10.2. The maximum Gasteiger partial charge on any atom is 0.271 e. The first kappa shape index (κ1) is 12.6. The number of carbonyl (C=O) groups is 1. The minimum absolute atomic E-state index is 0.219. The highest BCUT2D eigenvalue weighted by Gasteiger charge is 2.10. The third-order valence-corrected chi connectivity index (χ3v) is 3.12. The molecule has 2 aromatic heterocycles. The zero-order chi connectivity index (χ0) is 13.9. The summed E-state index contributed by atoms with van der Waals surface area (Å²) in [6.45, 7) is 0.433. The van der Waals surface area contributed by atoms with Gasteiger partial charge in [-0.2, -0.15) is 0 Å². The first-order valence-electron chi connectivity index (χ1n) is 6.04. The number of amides is 1. The molecule has 3 aromatic rings. The van der Waals surface area contributed by atoms with Crippen molar-refractivity contribution in [3.05, 3.63) is 65.3 Å². The van der Waals surface area contributed by atoms with Gasteiger partial charge in [-0.05, 0) is 17.7 Å². The molecular weight excluding hydrogens is 276 g/mol. The fourth-order valence-electron chi connectivity index (χ4n) is 1.83. The zero-order valence-electron chi connectivity index (χ0n) is 10.5. The fourth-order valence-corrected chi connectivity index (χ4v) is 1.95. The van der Waals surface area contributed by atoms with E-state index in [0.717, 1.165) is 5.56 Å². The van der Waals surface area contributed by atoms with Crippen LogP contribution in [0, 0.1) is 0 Å². The van der Waals surface area contributed by atoms with Gasteiger partial charge in [0.2, 0.25) is 0 Å². The maximum absolute atomic E-state index is 12.0. The largest absolute Gasteiger partial charge is 0.347 e. The first-order chi connectivity index (χ1) is 9.72. The second-order valence-corrected chi connectivity index (χ2v) is 4.71. The molecule has 0 bridgehead atoms. The van der Waals surface area contributed by atoms with Crippen molar-refractivity contribution in [2.24, 2.45) is 0 Å². The minimum Gasteiger partial charge on any atom is -0.347 e. The maximum atomic E-state index is 12.0. The molecule has 100 valence electrons. The van der Waals surface area contributed by atoms with E-state index < -0.39 is 0 Å². The van der Waals surface area contributed by atoms with Gasteiger partial charge in [0.25, 0.3) is 5.91 Å². The lowest BCUT2D eigenvalue weighted by molar-refractivity contribution is 0.0946. The number of hydrogen-bond donors (Lipinski definition) is 1. The smallest absolute Gasteiger partial charge is 0.271 e. The second-order valence-electron chi connectivity index (χ2n) is 4.28. The highest BCUT2D eigenvalue weighted by molar-refractivity contribution is 6.30. The van der Waals surface area contributed by atoms with E-state index >= 15 is 0 Å². The Balaban J connectivity index is 1.71. The van der Waals surface area contributed by atoms with Gasteiger partial charge in [-0.1, -0.05) is 23.7 Å². The van der Waals surface area contributed by atoms with Crippen molar-refractivity contribution in [1.29, 1.82) is 0 Å². The van der Waals surface area contributed by atoms with Crippen LogP contribution in [0.25, 0.3) is 5.65 Å². The molecule has 0 saturated heterocycles. The number of hydrogen-bond acceptors (Lipinski definition) is 3. The van der Waals surface area contributed by atoms with Crippen molar-refractivity contribution in [1.82, 2.24) is 19.7 Å². The van der Waals surface area contributed by atoms with E-state index in [1.807, 2.05) is 12.1 Å². The average Bonchev–Trinajstić information content (AvgIpc) is 2.90. The number of aromatic nitrogens is 3. The van der Waals surface area contributed by atoms with Crippen LogP contribution >= 0.6 is 11.6 Å². The van der Waals surface area contributed by atoms with Crippen molar-refractivity contribution in [2.45, 2.75) is 6.54 Å². The summed E-state index contributed by atoms with van der Waals surface area (Å²) in [5.41, 5.74) is 1.99. The standard InChI is InChI=1S/C14H11ClN4O/c15-11-3-1-10(2-4-11)7-17-14(20)12-9-19-6-5-16-8-13(19)18-12/h1-6,8-9H,7H2,(H,17,20). The number of imidazole rings is 1. The van der Waals surface area contributed by atoms with Crippen molar-refractivity contribution in [2.75, 3.05) is 0 Å². The van der Waals surface area contributed by atoms with Crippen LogP contribution in [0.15, 0.2) is 49.1 Å². The Morgan fingerprint density at radius 1 is 1.30 bits per heavy atom. The summed E-state index contributed by atoms with van der Waals surface area (Å²) in [6.07, 6.45) is 6.67. The molecule has 0 aliphatic rings. The van der Waals surface area contributed by atoms with E-state index in [0.29, 0.717) is 22.9 Å². The number of nitrogens with zero attached hydrogens (tertiary/aromatic N) is 3. The Labute approximate surface area is 120 Å². The summed E-state index contributed by atoms with van der Waals surface area (Å²) in [5.74, 6) is -0.219. The molecular formula is C14H11ClN4O. The molecule has 0 aliphatic carbocycles. The summed E-state index contributed by atoms with van der Waals surface area (Å²) in [6, 6.07) is 7.33. The SMILES string of the molecule is O=C(NCc1ccc(Cl)cc1)c1cn2ccncc2n1. The Hall–Kier alpha value is -2.40. The number of fused-ring (bicyclic) bond motifs is 1. The van der Waals surface area contributed by atoms with Crippen molar-refractivity contribution in [3.8, 4) is 0 Å². The molecule has 2 heterocycles. The van der Waals surface area contributed by atoms with Crippen LogP contribution in [0.4, 0.5) is 0 Å². The Bertz CT molecular complexity index is 718. The number of benzene rings is 1. The molecule has 0 radical (unpaired) electrons. The van der Waals surface area contributed by atoms with Crippen LogP contribution in [-0.4, -0.2) is 20.3 Å². The molecule has 1 amide bonds. The van der Waals surface area contributed by atoms with Crippen molar-refractivity contribution >= 4 is 23.2 Å². The molecule has 0 saturated carbocycles. The van der Waals surface area contributed by atoms with Gasteiger partial charge in [0.1, 0.15) is 5.69 Å². The van der Waals surface area contributed by atoms with E-state index in [1.165, 1.54) is 0 Å². The molecule has 6 heteroatoms. The Kier molecular flexibility index (Phi) is 3.35. The van der Waals surface area contributed by atoms with E-state index in [2.05, 4.69) is 15.3 Å². The lowest BCUT2D eigenvalue weighted by Crippen LogP contribution is -2.23. The van der Waals surface area contributed by atoms with Gasteiger partial charge in [0.05, 0.1) is 6.20 Å². The Morgan fingerprint density at radius 2 is 2.10 bits per heavy atom. The molecule has 20 heavy (non-hydrogen) atoms. The van der Waals surface area contributed by atoms with E-state index in [1.54, 1.807) is 41.3 Å². The Morgan fingerprint density at radius 3 is 2.85 bits per heavy atom. The summed E-state index contributed by atoms with van der Waals surface area (Å²) < 4.78 is 1.75. The van der Waals surface area contributed by atoms with Gasteiger partial charge >= 0.3 is 0 Å². The van der Waals surface area contributed by atoms with Crippen LogP contribution < -0.4 is 5.32 Å². The van der Waals surface area contributed by atoms with Crippen LogP contribution in [0.2, 0.25) is 5.02 Å². The molecule has 0 spiro atoms. The minimum atomic E-state index is -0.219. The van der Waals surface area contributed by atoms with Gasteiger partial charge in [-0.25, -0.2) is 4.98 Å². The highest BCUT2D eigenvalue weighted by Crippen LogP contribution is 2.09. The molecule has 5 nitrogen and oxygen atoms in total. The third kappa shape index (κ3) is 2.62. The van der Waals surface area contributed by atoms with Crippen LogP contribution in [0.3, 0.4) is 0 Å². The van der Waals surface area contributed by atoms with Gasteiger partial charge in [-0.15, -0.1) is 0 Å². The lowest BCUT2D eigenvalue weighted by Gasteiger charge is -2.03.